The summed E-state index contributed by atoms with van der Waals surface area (Å²) in [4.78, 5) is 40.7. The van der Waals surface area contributed by atoms with Gasteiger partial charge in [-0.05, 0) is 55.3 Å². The molecule has 12 heteroatoms. The third kappa shape index (κ3) is 6.01. The van der Waals surface area contributed by atoms with Crippen molar-refractivity contribution in [3.8, 4) is 5.75 Å². The second-order valence-electron chi connectivity index (χ2n) is 9.13. The van der Waals surface area contributed by atoms with Crippen LogP contribution in [0.2, 0.25) is 0 Å². The number of sulfonamides is 1. The topological polar surface area (TPSA) is 125 Å². The maximum atomic E-state index is 13.9. The number of ether oxygens (including phenoxy) is 1. The first-order valence-corrected chi connectivity index (χ1v) is 13.7. The van der Waals surface area contributed by atoms with Gasteiger partial charge >= 0.3 is 0 Å². The van der Waals surface area contributed by atoms with Gasteiger partial charge in [-0.15, -0.1) is 0 Å². The highest BCUT2D eigenvalue weighted by atomic mass is 32.2. The average molecular weight is 533 g/mol. The van der Waals surface area contributed by atoms with Gasteiger partial charge in [0.1, 0.15) is 18.2 Å². The van der Waals surface area contributed by atoms with Gasteiger partial charge < -0.3 is 20.3 Å². The number of benzene rings is 2. The molecule has 0 unspecified atom stereocenters. The number of nitrogens with zero attached hydrogens (tertiary/aromatic N) is 2. The van der Waals surface area contributed by atoms with Gasteiger partial charge in [-0.2, -0.15) is 0 Å². The Kier molecular flexibility index (Phi) is 7.67. The lowest BCUT2D eigenvalue weighted by molar-refractivity contribution is -0.122. The predicted octanol–water partition coefficient (Wildman–Crippen LogP) is 1.52. The second kappa shape index (κ2) is 10.8. The van der Waals surface area contributed by atoms with Crippen molar-refractivity contribution in [1.29, 1.82) is 0 Å². The molecular weight excluding hydrogens is 503 g/mol. The van der Waals surface area contributed by atoms with Crippen LogP contribution in [0.3, 0.4) is 0 Å². The van der Waals surface area contributed by atoms with Crippen molar-refractivity contribution in [2.45, 2.75) is 31.3 Å². The van der Waals surface area contributed by atoms with E-state index in [0.717, 1.165) is 16.6 Å². The van der Waals surface area contributed by atoms with Crippen LogP contribution in [-0.2, 0) is 14.8 Å². The van der Waals surface area contributed by atoms with E-state index in [1.54, 1.807) is 29.2 Å². The van der Waals surface area contributed by atoms with Crippen LogP contribution >= 0.6 is 0 Å². The van der Waals surface area contributed by atoms with Crippen molar-refractivity contribution in [3.05, 3.63) is 59.4 Å². The van der Waals surface area contributed by atoms with E-state index in [1.165, 1.54) is 19.2 Å². The molecule has 1 fully saturated rings. The molecule has 37 heavy (non-hydrogen) atoms. The molecule has 10 nitrogen and oxygen atoms in total. The van der Waals surface area contributed by atoms with Crippen molar-refractivity contribution in [2.75, 3.05) is 37.3 Å². The van der Waals surface area contributed by atoms with Crippen LogP contribution in [0.1, 0.15) is 40.0 Å². The number of carbonyl (C=O) groups excluding carboxylic acids is 3. The second-order valence-corrected chi connectivity index (χ2v) is 11.1. The smallest absolute Gasteiger partial charge is 0.255 e. The molecule has 3 amide bonds. The fraction of sp³-hybridized carbons (Fsp3) is 0.400. The number of fused-ring (bicyclic) bond motifs is 3. The van der Waals surface area contributed by atoms with E-state index in [2.05, 4.69) is 10.6 Å². The summed E-state index contributed by atoms with van der Waals surface area (Å²) in [7, 11) is -2.04. The maximum absolute atomic E-state index is 13.9. The molecule has 2 aromatic rings. The number of carbonyl (C=O) groups is 3. The summed E-state index contributed by atoms with van der Waals surface area (Å²) in [5.41, 5.74) is 0.764. The number of amides is 3. The zero-order chi connectivity index (χ0) is 26.7. The molecule has 2 heterocycles. The SMILES string of the molecule is CN(c1ccc(C(=O)N2[C@@H]3CC[C@H]2CC(=O)NCCOc2ccc(F)cc2C(=O)NC3)cc1)S(C)(=O)=O. The van der Waals surface area contributed by atoms with E-state index in [1.807, 2.05) is 0 Å². The fourth-order valence-corrected chi connectivity index (χ4v) is 5.10. The van der Waals surface area contributed by atoms with Gasteiger partial charge in [0.05, 0.1) is 24.1 Å². The number of halogens is 1. The molecule has 0 aliphatic carbocycles. The van der Waals surface area contributed by atoms with Crippen molar-refractivity contribution < 1.29 is 31.9 Å². The normalized spacial score (nSPS) is 20.7. The Morgan fingerprint density at radius 2 is 1.78 bits per heavy atom. The molecule has 1 saturated heterocycles. The predicted molar refractivity (Wildman–Crippen MR) is 135 cm³/mol. The standard InChI is InChI=1S/C25H29FN4O6S/c1-29(37(2,34)35)18-6-3-16(4-7-18)25(33)30-19-8-9-20(30)15-28-24(32)21-13-17(26)5-10-22(21)36-12-11-27-23(31)14-19/h3-7,10,13,19-20H,8-9,11-12,14-15H2,1-2H3,(H,27,31)(H,28,32)/t19-,20+/m0/s1. The van der Waals surface area contributed by atoms with E-state index in [0.29, 0.717) is 24.1 Å². The molecule has 0 saturated carbocycles. The van der Waals surface area contributed by atoms with Crippen LogP contribution in [0.5, 0.6) is 5.75 Å². The summed E-state index contributed by atoms with van der Waals surface area (Å²) in [6.07, 6.45) is 2.30. The summed E-state index contributed by atoms with van der Waals surface area (Å²) in [6.45, 7) is 0.367. The van der Waals surface area contributed by atoms with E-state index in [4.69, 9.17) is 4.74 Å². The fourth-order valence-electron chi connectivity index (χ4n) is 4.60. The van der Waals surface area contributed by atoms with Crippen LogP contribution < -0.4 is 19.7 Å². The third-order valence-corrected chi connectivity index (χ3v) is 7.82. The first-order chi connectivity index (χ1) is 17.5. The van der Waals surface area contributed by atoms with Crippen LogP contribution in [0, 0.1) is 5.82 Å². The molecule has 198 valence electrons. The molecule has 0 radical (unpaired) electrons. The largest absolute Gasteiger partial charge is 0.491 e. The van der Waals surface area contributed by atoms with E-state index in [9.17, 15) is 27.2 Å². The van der Waals surface area contributed by atoms with E-state index in [-0.39, 0.29) is 55.3 Å². The summed E-state index contributed by atoms with van der Waals surface area (Å²) in [5.74, 6) is -1.49. The lowest BCUT2D eigenvalue weighted by Crippen LogP contribution is -2.48. The van der Waals surface area contributed by atoms with Crippen molar-refractivity contribution >= 4 is 33.4 Å². The van der Waals surface area contributed by atoms with E-state index < -0.39 is 27.8 Å². The van der Waals surface area contributed by atoms with Gasteiger partial charge in [0.2, 0.25) is 15.9 Å². The van der Waals surface area contributed by atoms with Gasteiger partial charge in [0.25, 0.3) is 11.8 Å². The zero-order valence-corrected chi connectivity index (χ0v) is 21.4. The Balaban J connectivity index is 1.60. The number of nitrogens with one attached hydrogen (secondary N) is 2. The maximum Gasteiger partial charge on any atom is 0.255 e. The summed E-state index contributed by atoms with van der Waals surface area (Å²) in [6, 6.07) is 9.03. The van der Waals surface area contributed by atoms with Gasteiger partial charge in [0.15, 0.2) is 0 Å². The lowest BCUT2D eigenvalue weighted by Gasteiger charge is -2.31. The summed E-state index contributed by atoms with van der Waals surface area (Å²) >= 11 is 0. The molecule has 2 aromatic carbocycles. The highest BCUT2D eigenvalue weighted by Gasteiger charge is 2.38. The molecule has 0 aromatic heterocycles. The summed E-state index contributed by atoms with van der Waals surface area (Å²) < 4.78 is 44.2. The Hall–Kier alpha value is -3.67. The molecule has 2 aliphatic rings. The first-order valence-electron chi connectivity index (χ1n) is 11.9. The van der Waals surface area contributed by atoms with Crippen LogP contribution in [0.4, 0.5) is 10.1 Å². The Morgan fingerprint density at radius 1 is 1.08 bits per heavy atom. The van der Waals surface area contributed by atoms with Crippen molar-refractivity contribution in [3.63, 3.8) is 0 Å². The summed E-state index contributed by atoms with van der Waals surface area (Å²) in [5, 5.41) is 5.55. The van der Waals surface area contributed by atoms with Gasteiger partial charge in [-0.3, -0.25) is 18.7 Å². The minimum absolute atomic E-state index is 0.0291. The Morgan fingerprint density at radius 3 is 2.49 bits per heavy atom. The number of anilines is 1. The van der Waals surface area contributed by atoms with Crippen LogP contribution in [0.15, 0.2) is 42.5 Å². The van der Waals surface area contributed by atoms with Gasteiger partial charge in [-0.25, -0.2) is 12.8 Å². The molecule has 0 spiro atoms. The van der Waals surface area contributed by atoms with Gasteiger partial charge in [-0.1, -0.05) is 0 Å². The third-order valence-electron chi connectivity index (χ3n) is 6.62. The Labute approximate surface area is 214 Å². The number of hydrogen-bond acceptors (Lipinski definition) is 6. The lowest BCUT2D eigenvalue weighted by atomic mass is 10.1. The molecule has 4 rings (SSSR count). The monoisotopic (exact) mass is 532 g/mol. The molecule has 2 N–H and O–H groups in total. The van der Waals surface area contributed by atoms with E-state index >= 15 is 0 Å². The molecule has 2 bridgehead atoms. The average Bonchev–Trinajstić information content (AvgIpc) is 3.25. The van der Waals surface area contributed by atoms with Crippen molar-refractivity contribution in [1.82, 2.24) is 15.5 Å². The van der Waals surface area contributed by atoms with Crippen molar-refractivity contribution in [2.24, 2.45) is 0 Å². The number of rotatable bonds is 3. The molecule has 2 aliphatic heterocycles. The highest BCUT2D eigenvalue weighted by Crippen LogP contribution is 2.29. The quantitative estimate of drug-likeness (QED) is 0.618. The molecule has 2 atom stereocenters. The van der Waals surface area contributed by atoms with Gasteiger partial charge in [0, 0.05) is 37.7 Å². The minimum atomic E-state index is -3.46. The molecular formula is C25H29FN4O6S. The minimum Gasteiger partial charge on any atom is -0.491 e. The van der Waals surface area contributed by atoms with Crippen LogP contribution in [-0.4, -0.2) is 76.1 Å². The van der Waals surface area contributed by atoms with Crippen LogP contribution in [0.25, 0.3) is 0 Å². The Bertz CT molecular complexity index is 1300. The number of hydrogen-bond donors (Lipinski definition) is 2. The highest BCUT2D eigenvalue weighted by molar-refractivity contribution is 7.92. The zero-order valence-electron chi connectivity index (χ0n) is 20.6. The first kappa shape index (κ1) is 26.4.